The Bertz CT molecular complexity index is 641. The molecule has 2 aromatic rings. The van der Waals surface area contributed by atoms with E-state index < -0.39 is 0 Å². The van der Waals surface area contributed by atoms with E-state index >= 15 is 0 Å². The zero-order valence-corrected chi connectivity index (χ0v) is 12.1. The highest BCUT2D eigenvalue weighted by atomic mass is 35.5. The van der Waals surface area contributed by atoms with Gasteiger partial charge in [-0.1, -0.05) is 40.9 Å². The van der Waals surface area contributed by atoms with Gasteiger partial charge in [0.2, 0.25) is 0 Å². The van der Waals surface area contributed by atoms with Crippen LogP contribution in [-0.4, -0.2) is 5.78 Å². The first-order valence-corrected chi connectivity index (χ1v) is 6.63. The van der Waals surface area contributed by atoms with Crippen LogP contribution in [0.4, 0.5) is 5.69 Å². The Kier molecular flexibility index (Phi) is 4.35. The number of anilines is 1. The number of carbonyl (C=O) groups is 1. The quantitative estimate of drug-likeness (QED) is 0.661. The Morgan fingerprint density at radius 2 is 1.68 bits per heavy atom. The van der Waals surface area contributed by atoms with E-state index in [9.17, 15) is 4.79 Å². The predicted molar refractivity (Wildman–Crippen MR) is 80.4 cm³/mol. The van der Waals surface area contributed by atoms with Gasteiger partial charge in [0.05, 0.1) is 20.8 Å². The molecule has 19 heavy (non-hydrogen) atoms. The van der Waals surface area contributed by atoms with Gasteiger partial charge in [0.1, 0.15) is 0 Å². The topological polar surface area (TPSA) is 43.1 Å². The number of benzene rings is 2. The molecular formula is C14H10Cl3NO. The van der Waals surface area contributed by atoms with Gasteiger partial charge in [-0.3, -0.25) is 4.79 Å². The van der Waals surface area contributed by atoms with Crippen LogP contribution in [0.15, 0.2) is 36.4 Å². The molecule has 0 aliphatic carbocycles. The average molecular weight is 315 g/mol. The van der Waals surface area contributed by atoms with Gasteiger partial charge in [-0.05, 0) is 35.9 Å². The van der Waals surface area contributed by atoms with Crippen molar-refractivity contribution in [1.29, 1.82) is 0 Å². The lowest BCUT2D eigenvalue weighted by atomic mass is 10.0. The van der Waals surface area contributed by atoms with Gasteiger partial charge in [0.15, 0.2) is 5.78 Å². The van der Waals surface area contributed by atoms with E-state index in [1.807, 2.05) is 0 Å². The number of hydrogen-bond donors (Lipinski definition) is 1. The largest absolute Gasteiger partial charge is 0.398 e. The van der Waals surface area contributed by atoms with Crippen molar-refractivity contribution >= 4 is 46.3 Å². The van der Waals surface area contributed by atoms with Crippen LogP contribution in [-0.2, 0) is 6.42 Å². The van der Waals surface area contributed by atoms with Crippen molar-refractivity contribution in [3.63, 3.8) is 0 Å². The van der Waals surface area contributed by atoms with Gasteiger partial charge in [-0.25, -0.2) is 0 Å². The van der Waals surface area contributed by atoms with E-state index in [0.717, 1.165) is 5.56 Å². The molecule has 0 aliphatic rings. The molecule has 98 valence electrons. The number of ketones is 1. The van der Waals surface area contributed by atoms with Crippen molar-refractivity contribution in [2.75, 3.05) is 5.73 Å². The molecule has 0 saturated carbocycles. The van der Waals surface area contributed by atoms with Crippen molar-refractivity contribution < 1.29 is 4.79 Å². The molecule has 0 aliphatic heterocycles. The lowest BCUT2D eigenvalue weighted by Crippen LogP contribution is -2.04. The number of halogens is 3. The first-order chi connectivity index (χ1) is 8.97. The number of Topliss-reactive ketones (excluding diaryl/α,β-unsaturated/α-hetero) is 1. The Morgan fingerprint density at radius 1 is 0.947 bits per heavy atom. The molecule has 0 heterocycles. The zero-order chi connectivity index (χ0) is 14.0. The first-order valence-electron chi connectivity index (χ1n) is 5.49. The van der Waals surface area contributed by atoms with Crippen molar-refractivity contribution in [2.45, 2.75) is 6.42 Å². The van der Waals surface area contributed by atoms with Gasteiger partial charge in [0.25, 0.3) is 0 Å². The minimum Gasteiger partial charge on any atom is -0.398 e. The van der Waals surface area contributed by atoms with Crippen molar-refractivity contribution in [2.24, 2.45) is 0 Å². The van der Waals surface area contributed by atoms with Crippen LogP contribution in [0.2, 0.25) is 15.1 Å². The Hall–Kier alpha value is -1.22. The third-order valence-electron chi connectivity index (χ3n) is 2.67. The monoisotopic (exact) mass is 313 g/mol. The molecule has 5 heteroatoms. The van der Waals surface area contributed by atoms with E-state index in [1.54, 1.807) is 36.4 Å². The number of nitrogen functional groups attached to an aromatic ring is 1. The maximum Gasteiger partial charge on any atom is 0.167 e. The number of hydrogen-bond acceptors (Lipinski definition) is 2. The second-order valence-corrected chi connectivity index (χ2v) is 5.31. The highest BCUT2D eigenvalue weighted by Crippen LogP contribution is 2.24. The second kappa shape index (κ2) is 5.83. The molecule has 0 radical (unpaired) electrons. The minimum atomic E-state index is -0.0553. The van der Waals surface area contributed by atoms with Crippen LogP contribution in [0.5, 0.6) is 0 Å². The molecular weight excluding hydrogens is 305 g/mol. The van der Waals surface area contributed by atoms with Crippen molar-refractivity contribution in [3.8, 4) is 0 Å². The first kappa shape index (κ1) is 14.2. The third-order valence-corrected chi connectivity index (χ3v) is 3.74. The summed E-state index contributed by atoms with van der Waals surface area (Å²) in [6.07, 6.45) is 0.233. The van der Waals surface area contributed by atoms with E-state index in [1.165, 1.54) is 0 Å². The summed E-state index contributed by atoms with van der Waals surface area (Å²) in [6.45, 7) is 0. The molecule has 2 nitrogen and oxygen atoms in total. The van der Waals surface area contributed by atoms with Crippen LogP contribution >= 0.6 is 34.8 Å². The van der Waals surface area contributed by atoms with Crippen LogP contribution in [0.3, 0.4) is 0 Å². The summed E-state index contributed by atoms with van der Waals surface area (Å²) in [4.78, 5) is 12.1. The molecule has 0 bridgehead atoms. The molecule has 0 unspecified atom stereocenters. The van der Waals surface area contributed by atoms with Crippen LogP contribution in [0.25, 0.3) is 0 Å². The molecule has 2 N–H and O–H groups in total. The van der Waals surface area contributed by atoms with Crippen LogP contribution in [0.1, 0.15) is 15.9 Å². The summed E-state index contributed by atoms with van der Waals surface area (Å²) < 4.78 is 0. The van der Waals surface area contributed by atoms with Gasteiger partial charge in [-0.2, -0.15) is 0 Å². The lowest BCUT2D eigenvalue weighted by molar-refractivity contribution is 0.0993. The minimum absolute atomic E-state index is 0.0553. The fourth-order valence-corrected chi connectivity index (χ4v) is 2.14. The zero-order valence-electron chi connectivity index (χ0n) is 9.79. The van der Waals surface area contributed by atoms with Crippen LogP contribution in [0, 0.1) is 0 Å². The van der Waals surface area contributed by atoms with E-state index in [4.69, 9.17) is 40.5 Å². The summed E-state index contributed by atoms with van der Waals surface area (Å²) in [5.41, 5.74) is 7.37. The molecule has 0 atom stereocenters. The Morgan fingerprint density at radius 3 is 2.32 bits per heavy atom. The molecule has 0 amide bonds. The number of carbonyl (C=O) groups excluding carboxylic acids is 1. The normalized spacial score (nSPS) is 10.5. The van der Waals surface area contributed by atoms with Gasteiger partial charge in [-0.15, -0.1) is 0 Å². The smallest absolute Gasteiger partial charge is 0.167 e. The summed E-state index contributed by atoms with van der Waals surface area (Å²) >= 11 is 17.6. The standard InChI is InChI=1S/C14H10Cl3NO/c15-10-3-1-8(5-11(10)16)6-14(19)9-2-4-13(18)12(17)7-9/h1-5,7H,6,18H2. The highest BCUT2D eigenvalue weighted by Gasteiger charge is 2.10. The lowest BCUT2D eigenvalue weighted by Gasteiger charge is -2.05. The summed E-state index contributed by atoms with van der Waals surface area (Å²) in [7, 11) is 0. The third kappa shape index (κ3) is 3.41. The molecule has 0 saturated heterocycles. The van der Waals surface area contributed by atoms with E-state index in [0.29, 0.717) is 26.3 Å². The van der Waals surface area contributed by atoms with Gasteiger partial charge < -0.3 is 5.73 Å². The van der Waals surface area contributed by atoms with Crippen LogP contribution < -0.4 is 5.73 Å². The molecule has 0 aromatic heterocycles. The summed E-state index contributed by atoms with van der Waals surface area (Å²) in [6, 6.07) is 9.95. The Balaban J connectivity index is 2.20. The fraction of sp³-hybridized carbons (Fsp3) is 0.0714. The molecule has 2 rings (SSSR count). The SMILES string of the molecule is Nc1ccc(C(=O)Cc2ccc(Cl)c(Cl)c2)cc1Cl. The maximum absolute atomic E-state index is 12.1. The molecule has 0 fully saturated rings. The summed E-state index contributed by atoms with van der Waals surface area (Å²) in [5, 5.41) is 1.27. The maximum atomic E-state index is 12.1. The number of rotatable bonds is 3. The van der Waals surface area contributed by atoms with E-state index in [-0.39, 0.29) is 12.2 Å². The predicted octanol–water partition coefficient (Wildman–Crippen LogP) is 4.65. The molecule has 2 aromatic carbocycles. The Labute approximate surface area is 126 Å². The second-order valence-electron chi connectivity index (χ2n) is 4.08. The fourth-order valence-electron chi connectivity index (χ4n) is 1.64. The van der Waals surface area contributed by atoms with Crippen molar-refractivity contribution in [1.82, 2.24) is 0 Å². The number of nitrogens with two attached hydrogens (primary N) is 1. The average Bonchev–Trinajstić information content (AvgIpc) is 2.37. The van der Waals surface area contributed by atoms with E-state index in [2.05, 4.69) is 0 Å². The van der Waals surface area contributed by atoms with Gasteiger partial charge >= 0.3 is 0 Å². The molecule has 0 spiro atoms. The van der Waals surface area contributed by atoms with Gasteiger partial charge in [0, 0.05) is 12.0 Å². The van der Waals surface area contributed by atoms with Crippen molar-refractivity contribution in [3.05, 3.63) is 62.6 Å². The highest BCUT2D eigenvalue weighted by molar-refractivity contribution is 6.42. The summed E-state index contributed by atoms with van der Waals surface area (Å²) in [5.74, 6) is -0.0553.